The minimum Gasteiger partial charge on any atom is -0.257 e. The molecule has 19 heavy (non-hydrogen) atoms. The highest BCUT2D eigenvalue weighted by Crippen LogP contribution is 2.15. The second kappa shape index (κ2) is 8.29. The molecule has 2 heteroatoms. The normalized spacial score (nSPS) is 11.5. The van der Waals surface area contributed by atoms with Crippen LogP contribution in [0.1, 0.15) is 71.0 Å². The van der Waals surface area contributed by atoms with Crippen molar-refractivity contribution in [2.45, 2.75) is 73.1 Å². The van der Waals surface area contributed by atoms with E-state index in [9.17, 15) is 0 Å². The summed E-state index contributed by atoms with van der Waals surface area (Å²) >= 11 is 0. The van der Waals surface area contributed by atoms with Gasteiger partial charge in [-0.05, 0) is 37.5 Å². The van der Waals surface area contributed by atoms with Crippen molar-refractivity contribution >= 4 is 0 Å². The van der Waals surface area contributed by atoms with Gasteiger partial charge in [0, 0.05) is 6.20 Å². The Morgan fingerprint density at radius 1 is 0.947 bits per heavy atom. The molecule has 1 aromatic heterocycles. The maximum absolute atomic E-state index is 4.88. The van der Waals surface area contributed by atoms with Crippen molar-refractivity contribution in [3.05, 3.63) is 23.3 Å². The molecule has 1 aromatic rings. The summed E-state index contributed by atoms with van der Waals surface area (Å²) in [7, 11) is 0. The Bertz CT molecular complexity index is 370. The Hall–Kier alpha value is -0.920. The van der Waals surface area contributed by atoms with E-state index in [1.54, 1.807) is 0 Å². The van der Waals surface area contributed by atoms with Crippen LogP contribution in [0.5, 0.6) is 0 Å². The molecule has 1 heterocycles. The van der Waals surface area contributed by atoms with E-state index in [4.69, 9.17) is 4.98 Å². The van der Waals surface area contributed by atoms with Crippen LogP contribution in [0.25, 0.3) is 0 Å². The molecule has 0 radical (unpaired) electrons. The molecule has 0 aliphatic heterocycles. The van der Waals surface area contributed by atoms with Crippen molar-refractivity contribution in [1.29, 1.82) is 0 Å². The van der Waals surface area contributed by atoms with Crippen LogP contribution in [-0.4, -0.2) is 9.97 Å². The summed E-state index contributed by atoms with van der Waals surface area (Å²) in [5.74, 6) is 1.30. The van der Waals surface area contributed by atoms with Crippen LogP contribution in [0.3, 0.4) is 0 Å². The molecule has 0 spiro atoms. The third-order valence-corrected chi connectivity index (χ3v) is 3.22. The highest BCUT2D eigenvalue weighted by atomic mass is 14.8. The Kier molecular flexibility index (Phi) is 7.04. The molecule has 0 aliphatic carbocycles. The number of aromatic nitrogens is 2. The summed E-state index contributed by atoms with van der Waals surface area (Å²) in [6.07, 6.45) is 8.96. The third-order valence-electron chi connectivity index (χ3n) is 3.22. The van der Waals surface area contributed by atoms with Gasteiger partial charge in [-0.15, -0.1) is 0 Å². The minimum atomic E-state index is 0.647. The SMILES string of the molecule is CCCCCc1nc(CC(C)C)cnc1CC(C)C. The van der Waals surface area contributed by atoms with Gasteiger partial charge < -0.3 is 0 Å². The van der Waals surface area contributed by atoms with Gasteiger partial charge in [0.25, 0.3) is 0 Å². The monoisotopic (exact) mass is 262 g/mol. The van der Waals surface area contributed by atoms with E-state index in [-0.39, 0.29) is 0 Å². The van der Waals surface area contributed by atoms with Crippen LogP contribution in [0, 0.1) is 11.8 Å². The van der Waals surface area contributed by atoms with E-state index < -0.39 is 0 Å². The van der Waals surface area contributed by atoms with Gasteiger partial charge in [0.2, 0.25) is 0 Å². The van der Waals surface area contributed by atoms with Gasteiger partial charge in [0.05, 0.1) is 17.1 Å². The summed E-state index contributed by atoms with van der Waals surface area (Å²) in [5.41, 5.74) is 3.63. The number of nitrogens with zero attached hydrogens (tertiary/aromatic N) is 2. The molecule has 0 amide bonds. The first kappa shape index (κ1) is 16.1. The topological polar surface area (TPSA) is 25.8 Å². The van der Waals surface area contributed by atoms with Crippen LogP contribution in [0.4, 0.5) is 0 Å². The number of aryl methyl sites for hydroxylation is 1. The van der Waals surface area contributed by atoms with Crippen molar-refractivity contribution < 1.29 is 0 Å². The molecule has 1 rings (SSSR count). The molecule has 0 N–H and O–H groups in total. The molecule has 108 valence electrons. The van der Waals surface area contributed by atoms with E-state index in [2.05, 4.69) is 39.6 Å². The zero-order valence-electron chi connectivity index (χ0n) is 13.4. The summed E-state index contributed by atoms with van der Waals surface area (Å²) in [6, 6.07) is 0. The van der Waals surface area contributed by atoms with E-state index in [0.717, 1.165) is 25.0 Å². The fourth-order valence-corrected chi connectivity index (χ4v) is 2.31. The first-order valence-corrected chi connectivity index (χ1v) is 7.86. The lowest BCUT2D eigenvalue weighted by Gasteiger charge is -2.12. The lowest BCUT2D eigenvalue weighted by atomic mass is 10.0. The van der Waals surface area contributed by atoms with Crippen molar-refractivity contribution in [3.63, 3.8) is 0 Å². The molecular formula is C17H30N2. The van der Waals surface area contributed by atoms with E-state index >= 15 is 0 Å². The van der Waals surface area contributed by atoms with Gasteiger partial charge in [-0.1, -0.05) is 47.5 Å². The van der Waals surface area contributed by atoms with Gasteiger partial charge in [0.15, 0.2) is 0 Å². The molecule has 0 unspecified atom stereocenters. The van der Waals surface area contributed by atoms with Gasteiger partial charge in [-0.25, -0.2) is 0 Å². The number of hydrogen-bond acceptors (Lipinski definition) is 2. The molecule has 0 atom stereocenters. The highest BCUT2D eigenvalue weighted by molar-refractivity contribution is 5.15. The summed E-state index contributed by atoms with van der Waals surface area (Å²) in [6.45, 7) is 11.2. The van der Waals surface area contributed by atoms with Crippen LogP contribution in [-0.2, 0) is 19.3 Å². The Morgan fingerprint density at radius 3 is 2.21 bits per heavy atom. The van der Waals surface area contributed by atoms with Crippen molar-refractivity contribution in [2.75, 3.05) is 0 Å². The average Bonchev–Trinajstić information content (AvgIpc) is 2.31. The second-order valence-corrected chi connectivity index (χ2v) is 6.41. The van der Waals surface area contributed by atoms with Crippen molar-refractivity contribution in [2.24, 2.45) is 11.8 Å². The van der Waals surface area contributed by atoms with Crippen molar-refractivity contribution in [3.8, 4) is 0 Å². The zero-order valence-corrected chi connectivity index (χ0v) is 13.4. The van der Waals surface area contributed by atoms with Crippen LogP contribution < -0.4 is 0 Å². The van der Waals surface area contributed by atoms with E-state index in [1.165, 1.54) is 30.7 Å². The fourth-order valence-electron chi connectivity index (χ4n) is 2.31. The summed E-state index contributed by atoms with van der Waals surface area (Å²) in [4.78, 5) is 9.56. The lowest BCUT2D eigenvalue weighted by Crippen LogP contribution is -2.09. The standard InChI is InChI=1S/C17H30N2/c1-6-7-8-9-16-17(11-14(4)5)18-12-15(19-16)10-13(2)3/h12-14H,6-11H2,1-5H3. The average molecular weight is 262 g/mol. The zero-order chi connectivity index (χ0) is 14.3. The number of rotatable bonds is 8. The Morgan fingerprint density at radius 2 is 1.63 bits per heavy atom. The van der Waals surface area contributed by atoms with Crippen LogP contribution >= 0.6 is 0 Å². The predicted octanol–water partition coefficient (Wildman–Crippen LogP) is 4.61. The van der Waals surface area contributed by atoms with E-state index in [1.807, 2.05) is 6.20 Å². The maximum atomic E-state index is 4.88. The molecule has 0 bridgehead atoms. The highest BCUT2D eigenvalue weighted by Gasteiger charge is 2.10. The Labute approximate surface area is 119 Å². The predicted molar refractivity (Wildman–Crippen MR) is 82.3 cm³/mol. The summed E-state index contributed by atoms with van der Waals surface area (Å²) in [5, 5.41) is 0. The second-order valence-electron chi connectivity index (χ2n) is 6.41. The lowest BCUT2D eigenvalue weighted by molar-refractivity contribution is 0.600. The number of hydrogen-bond donors (Lipinski definition) is 0. The third kappa shape index (κ3) is 6.17. The van der Waals surface area contributed by atoms with Gasteiger partial charge in [0.1, 0.15) is 0 Å². The minimum absolute atomic E-state index is 0.647. The van der Waals surface area contributed by atoms with Gasteiger partial charge >= 0.3 is 0 Å². The molecule has 0 fully saturated rings. The smallest absolute Gasteiger partial charge is 0.0622 e. The van der Waals surface area contributed by atoms with Crippen molar-refractivity contribution in [1.82, 2.24) is 9.97 Å². The molecule has 0 saturated carbocycles. The largest absolute Gasteiger partial charge is 0.257 e. The molecular weight excluding hydrogens is 232 g/mol. The van der Waals surface area contributed by atoms with Crippen LogP contribution in [0.15, 0.2) is 6.20 Å². The number of unbranched alkanes of at least 4 members (excludes halogenated alkanes) is 2. The van der Waals surface area contributed by atoms with E-state index in [0.29, 0.717) is 11.8 Å². The fraction of sp³-hybridized carbons (Fsp3) is 0.765. The molecule has 0 saturated heterocycles. The van der Waals surface area contributed by atoms with Crippen LogP contribution in [0.2, 0.25) is 0 Å². The maximum Gasteiger partial charge on any atom is 0.0622 e. The first-order chi connectivity index (χ1) is 9.02. The Balaban J connectivity index is 2.83. The summed E-state index contributed by atoms with van der Waals surface area (Å²) < 4.78 is 0. The first-order valence-electron chi connectivity index (χ1n) is 7.86. The quantitative estimate of drug-likeness (QED) is 0.640. The van der Waals surface area contributed by atoms with Gasteiger partial charge in [-0.3, -0.25) is 9.97 Å². The molecule has 0 aliphatic rings. The molecule has 0 aromatic carbocycles. The van der Waals surface area contributed by atoms with Gasteiger partial charge in [-0.2, -0.15) is 0 Å². The molecule has 2 nitrogen and oxygen atoms in total.